The Morgan fingerprint density at radius 1 is 1.38 bits per heavy atom. The van der Waals surface area contributed by atoms with Gasteiger partial charge in [0.15, 0.2) is 0 Å². The second-order valence-electron chi connectivity index (χ2n) is 5.51. The molecule has 1 aliphatic heterocycles. The largest absolute Gasteiger partial charge is 0.462 e. The number of urea groups is 1. The minimum atomic E-state index is -0.447. The molecule has 0 spiro atoms. The van der Waals surface area contributed by atoms with Gasteiger partial charge in [-0.3, -0.25) is 0 Å². The lowest BCUT2D eigenvalue weighted by atomic mass is 10.0. The summed E-state index contributed by atoms with van der Waals surface area (Å²) < 4.78 is 5.32. The number of rotatable bonds is 4. The molecule has 1 aliphatic rings. The molecule has 1 aromatic rings. The van der Waals surface area contributed by atoms with Crippen LogP contribution in [0.15, 0.2) is 23.4 Å². The maximum Gasteiger partial charge on any atom is 0.338 e. The van der Waals surface area contributed by atoms with E-state index in [2.05, 4.69) is 10.6 Å². The number of hydrogen-bond donors (Lipinski definition) is 2. The van der Waals surface area contributed by atoms with Gasteiger partial charge >= 0.3 is 12.0 Å². The number of esters is 1. The number of carbonyl (C=O) groups excluding carboxylic acids is 2. The molecule has 1 unspecified atom stereocenters. The van der Waals surface area contributed by atoms with Gasteiger partial charge in [0, 0.05) is 15.5 Å². The van der Waals surface area contributed by atoms with Crippen LogP contribution in [0.2, 0.25) is 0 Å². The molecule has 0 radical (unpaired) electrons. The molecule has 5 nitrogen and oxygen atoms in total. The molecule has 0 saturated carbocycles. The van der Waals surface area contributed by atoms with E-state index in [0.717, 1.165) is 9.75 Å². The highest BCUT2D eigenvalue weighted by Crippen LogP contribution is 2.32. The Hall–Kier alpha value is -1.82. The van der Waals surface area contributed by atoms with Crippen molar-refractivity contribution in [2.24, 2.45) is 5.92 Å². The molecule has 2 rings (SSSR count). The van der Waals surface area contributed by atoms with Gasteiger partial charge in [-0.2, -0.15) is 0 Å². The third-order valence-corrected chi connectivity index (χ3v) is 4.15. The minimum absolute atomic E-state index is 0.267. The van der Waals surface area contributed by atoms with Crippen LogP contribution in [-0.4, -0.2) is 18.6 Å². The fraction of sp³-hybridized carbons (Fsp3) is 0.467. The quantitative estimate of drug-likeness (QED) is 0.840. The van der Waals surface area contributed by atoms with Gasteiger partial charge in [-0.25, -0.2) is 9.59 Å². The first-order valence-electron chi connectivity index (χ1n) is 6.90. The van der Waals surface area contributed by atoms with E-state index in [1.807, 2.05) is 32.9 Å². The maximum atomic E-state index is 12.3. The van der Waals surface area contributed by atoms with Gasteiger partial charge in [0.25, 0.3) is 0 Å². The molecule has 2 N–H and O–H groups in total. The second kappa shape index (κ2) is 6.30. The Morgan fingerprint density at radius 2 is 2.10 bits per heavy atom. The highest BCUT2D eigenvalue weighted by molar-refractivity contribution is 7.12. The number of ether oxygens (including phenoxy) is 1. The molecule has 2 heterocycles. The van der Waals surface area contributed by atoms with E-state index in [1.165, 1.54) is 0 Å². The number of hydrogen-bond acceptors (Lipinski definition) is 4. The Bertz CT molecular complexity index is 589. The Labute approximate surface area is 128 Å². The van der Waals surface area contributed by atoms with Crippen LogP contribution in [0.4, 0.5) is 4.79 Å². The first-order chi connectivity index (χ1) is 9.88. The number of aryl methyl sites for hydroxylation is 1. The van der Waals surface area contributed by atoms with Crippen molar-refractivity contribution >= 4 is 23.3 Å². The third kappa shape index (κ3) is 3.64. The topological polar surface area (TPSA) is 67.4 Å². The Morgan fingerprint density at radius 3 is 2.67 bits per heavy atom. The molecule has 0 aliphatic carbocycles. The van der Waals surface area contributed by atoms with Gasteiger partial charge in [0.1, 0.15) is 0 Å². The molecule has 21 heavy (non-hydrogen) atoms. The smallest absolute Gasteiger partial charge is 0.338 e. The maximum absolute atomic E-state index is 12.3. The lowest BCUT2D eigenvalue weighted by Crippen LogP contribution is -2.45. The summed E-state index contributed by atoms with van der Waals surface area (Å²) in [5.41, 5.74) is 1.01. The van der Waals surface area contributed by atoms with E-state index < -0.39 is 6.04 Å². The molecule has 2 amide bonds. The van der Waals surface area contributed by atoms with Crippen LogP contribution < -0.4 is 10.6 Å². The molecule has 0 fully saturated rings. The first kappa shape index (κ1) is 15.6. The standard InChI is InChI=1S/C15H20N2O3S/c1-8(2)7-20-14(18)12-10(4)16-15(19)17-13(12)11-6-5-9(3)21-11/h5-6,8,13H,7H2,1-4H3,(H2,16,17,19). The summed E-state index contributed by atoms with van der Waals surface area (Å²) >= 11 is 1.56. The molecule has 114 valence electrons. The first-order valence-corrected chi connectivity index (χ1v) is 7.72. The van der Waals surface area contributed by atoms with E-state index >= 15 is 0 Å². The van der Waals surface area contributed by atoms with Crippen molar-refractivity contribution in [2.75, 3.05) is 6.61 Å². The van der Waals surface area contributed by atoms with E-state index in [9.17, 15) is 9.59 Å². The Balaban J connectivity index is 2.30. The molecular formula is C15H20N2O3S. The zero-order valence-corrected chi connectivity index (χ0v) is 13.5. The molecule has 0 saturated heterocycles. The van der Waals surface area contributed by atoms with E-state index in [0.29, 0.717) is 17.9 Å². The molecule has 6 heteroatoms. The lowest BCUT2D eigenvalue weighted by Gasteiger charge is -2.27. The van der Waals surface area contributed by atoms with Crippen molar-refractivity contribution in [3.8, 4) is 0 Å². The number of amides is 2. The summed E-state index contributed by atoms with van der Waals surface area (Å²) in [5, 5.41) is 5.43. The second-order valence-corrected chi connectivity index (χ2v) is 6.83. The fourth-order valence-corrected chi connectivity index (χ4v) is 3.05. The highest BCUT2D eigenvalue weighted by Gasteiger charge is 2.33. The predicted octanol–water partition coefficient (Wildman–Crippen LogP) is 2.88. The predicted molar refractivity (Wildman–Crippen MR) is 82.0 cm³/mol. The monoisotopic (exact) mass is 308 g/mol. The number of thiophene rings is 1. The van der Waals surface area contributed by atoms with Crippen LogP contribution in [0.25, 0.3) is 0 Å². The van der Waals surface area contributed by atoms with Crippen LogP contribution in [0.1, 0.15) is 36.6 Å². The van der Waals surface area contributed by atoms with Crippen molar-refractivity contribution in [3.63, 3.8) is 0 Å². The van der Waals surface area contributed by atoms with Gasteiger partial charge in [0.05, 0.1) is 18.2 Å². The van der Waals surface area contributed by atoms with Crippen molar-refractivity contribution in [1.82, 2.24) is 10.6 Å². The van der Waals surface area contributed by atoms with E-state index in [4.69, 9.17) is 4.74 Å². The molecular weight excluding hydrogens is 288 g/mol. The van der Waals surface area contributed by atoms with Crippen LogP contribution in [0.5, 0.6) is 0 Å². The van der Waals surface area contributed by atoms with Gasteiger partial charge in [0.2, 0.25) is 0 Å². The van der Waals surface area contributed by atoms with Gasteiger partial charge in [-0.15, -0.1) is 11.3 Å². The summed E-state index contributed by atoms with van der Waals surface area (Å²) in [6, 6.07) is 3.15. The summed E-state index contributed by atoms with van der Waals surface area (Å²) in [6.07, 6.45) is 0. The zero-order chi connectivity index (χ0) is 15.6. The normalized spacial score (nSPS) is 18.5. The fourth-order valence-electron chi connectivity index (χ4n) is 2.11. The van der Waals surface area contributed by atoms with Crippen molar-refractivity contribution in [3.05, 3.63) is 33.2 Å². The van der Waals surface area contributed by atoms with Crippen molar-refractivity contribution in [1.29, 1.82) is 0 Å². The van der Waals surface area contributed by atoms with Crippen molar-refractivity contribution < 1.29 is 14.3 Å². The average molecular weight is 308 g/mol. The molecule has 0 aromatic carbocycles. The third-order valence-electron chi connectivity index (χ3n) is 3.08. The van der Waals surface area contributed by atoms with Crippen LogP contribution >= 0.6 is 11.3 Å². The molecule has 0 bridgehead atoms. The SMILES string of the molecule is CC1=C(C(=O)OCC(C)C)C(c2ccc(C)s2)NC(=O)N1. The van der Waals surface area contributed by atoms with Crippen LogP contribution in [-0.2, 0) is 9.53 Å². The number of allylic oxidation sites excluding steroid dienone is 1. The minimum Gasteiger partial charge on any atom is -0.462 e. The van der Waals surface area contributed by atoms with Gasteiger partial charge in [-0.05, 0) is 31.9 Å². The molecule has 1 atom stereocenters. The summed E-state index contributed by atoms with van der Waals surface area (Å²) in [5.74, 6) is -0.117. The summed E-state index contributed by atoms with van der Waals surface area (Å²) in [4.78, 5) is 26.1. The number of nitrogens with one attached hydrogen (secondary N) is 2. The van der Waals surface area contributed by atoms with Crippen molar-refractivity contribution in [2.45, 2.75) is 33.7 Å². The lowest BCUT2D eigenvalue weighted by molar-refractivity contribution is -0.140. The van der Waals surface area contributed by atoms with Crippen LogP contribution in [0, 0.1) is 12.8 Å². The number of carbonyl (C=O) groups is 2. The van der Waals surface area contributed by atoms with E-state index in [-0.39, 0.29) is 17.9 Å². The summed E-state index contributed by atoms with van der Waals surface area (Å²) in [6.45, 7) is 8.04. The van der Waals surface area contributed by atoms with E-state index in [1.54, 1.807) is 18.3 Å². The zero-order valence-electron chi connectivity index (χ0n) is 12.6. The van der Waals surface area contributed by atoms with Gasteiger partial charge < -0.3 is 15.4 Å². The summed E-state index contributed by atoms with van der Waals surface area (Å²) in [7, 11) is 0. The van der Waals surface area contributed by atoms with Crippen LogP contribution in [0.3, 0.4) is 0 Å². The highest BCUT2D eigenvalue weighted by atomic mass is 32.1. The Kier molecular flexibility index (Phi) is 4.67. The van der Waals surface area contributed by atoms with Gasteiger partial charge in [-0.1, -0.05) is 13.8 Å². The molecule has 1 aromatic heterocycles. The average Bonchev–Trinajstić information content (AvgIpc) is 2.81.